The number of benzene rings is 1. The lowest BCUT2D eigenvalue weighted by molar-refractivity contribution is 0.475. The molecule has 0 unspecified atom stereocenters. The molecule has 0 aliphatic heterocycles. The van der Waals surface area contributed by atoms with Crippen molar-refractivity contribution >= 4 is 34.4 Å². The first-order chi connectivity index (χ1) is 8.72. The predicted octanol–water partition coefficient (Wildman–Crippen LogP) is 1.37. The summed E-state index contributed by atoms with van der Waals surface area (Å²) in [5, 5.41) is 17.8. The zero-order chi connectivity index (χ0) is 13.0. The van der Waals surface area contributed by atoms with Crippen molar-refractivity contribution in [2.24, 2.45) is 5.10 Å². The van der Waals surface area contributed by atoms with E-state index in [9.17, 15) is 5.11 Å². The van der Waals surface area contributed by atoms with Gasteiger partial charge in [-0.05, 0) is 30.4 Å². The van der Waals surface area contributed by atoms with Crippen LogP contribution in [0.25, 0.3) is 10.9 Å². The van der Waals surface area contributed by atoms with Crippen molar-refractivity contribution < 1.29 is 5.11 Å². The van der Waals surface area contributed by atoms with E-state index < -0.39 is 0 Å². The number of hydrogen-bond donors (Lipinski definition) is 3. The minimum absolute atomic E-state index is 0.127. The smallest absolute Gasteiger partial charge is 0.186 e. The van der Waals surface area contributed by atoms with Gasteiger partial charge in [0.25, 0.3) is 0 Å². The second-order valence-electron chi connectivity index (χ2n) is 3.52. The molecule has 1 aromatic heterocycles. The van der Waals surface area contributed by atoms with Gasteiger partial charge < -0.3 is 10.4 Å². The molecule has 1 heterocycles. The average Bonchev–Trinajstić information content (AvgIpc) is 2.41. The normalized spacial score (nSPS) is 10.7. The Morgan fingerprint density at radius 1 is 1.44 bits per heavy atom. The van der Waals surface area contributed by atoms with E-state index in [1.807, 2.05) is 12.1 Å². The molecule has 3 N–H and O–H groups in total. The van der Waals surface area contributed by atoms with Gasteiger partial charge in [0, 0.05) is 18.6 Å². The second-order valence-corrected chi connectivity index (χ2v) is 3.93. The molecule has 0 aliphatic carbocycles. The Bertz CT molecular complexity index is 612. The molecule has 0 amide bonds. The maximum atomic E-state index is 9.82. The van der Waals surface area contributed by atoms with Crippen molar-refractivity contribution in [2.75, 3.05) is 7.05 Å². The van der Waals surface area contributed by atoms with E-state index in [0.29, 0.717) is 16.2 Å². The highest BCUT2D eigenvalue weighted by Crippen LogP contribution is 2.23. The summed E-state index contributed by atoms with van der Waals surface area (Å²) in [4.78, 5) is 4.23. The molecule has 0 fully saturated rings. The minimum atomic E-state index is 0.127. The predicted molar refractivity (Wildman–Crippen MR) is 75.8 cm³/mol. The first kappa shape index (κ1) is 12.3. The van der Waals surface area contributed by atoms with Crippen LogP contribution >= 0.6 is 12.2 Å². The lowest BCUT2D eigenvalue weighted by atomic mass is 10.1. The van der Waals surface area contributed by atoms with E-state index >= 15 is 0 Å². The fraction of sp³-hybridized carbons (Fsp3) is 0.0833. The summed E-state index contributed by atoms with van der Waals surface area (Å²) in [6, 6.07) is 7.18. The van der Waals surface area contributed by atoms with Crippen LogP contribution in [0.1, 0.15) is 5.56 Å². The molecule has 0 saturated carbocycles. The molecule has 0 bridgehead atoms. The van der Waals surface area contributed by atoms with Crippen LogP contribution in [0, 0.1) is 0 Å². The third-order valence-corrected chi connectivity index (χ3v) is 2.67. The monoisotopic (exact) mass is 260 g/mol. The number of nitrogens with one attached hydrogen (secondary N) is 2. The summed E-state index contributed by atoms with van der Waals surface area (Å²) < 4.78 is 0. The van der Waals surface area contributed by atoms with Gasteiger partial charge in [0.15, 0.2) is 5.11 Å². The quantitative estimate of drug-likeness (QED) is 0.432. The SMILES string of the molecule is CNC(=S)N/N=C/c1c(O)ccc2cccnc12. The number of aromatic hydroxyl groups is 1. The Kier molecular flexibility index (Phi) is 3.69. The fourth-order valence-electron chi connectivity index (χ4n) is 1.50. The zero-order valence-corrected chi connectivity index (χ0v) is 10.5. The largest absolute Gasteiger partial charge is 0.507 e. The number of aromatic nitrogens is 1. The maximum Gasteiger partial charge on any atom is 0.186 e. The van der Waals surface area contributed by atoms with Gasteiger partial charge in [-0.3, -0.25) is 10.4 Å². The molecule has 0 saturated heterocycles. The minimum Gasteiger partial charge on any atom is -0.507 e. The summed E-state index contributed by atoms with van der Waals surface area (Å²) in [6.07, 6.45) is 3.17. The molecular weight excluding hydrogens is 248 g/mol. The van der Waals surface area contributed by atoms with E-state index in [0.717, 1.165) is 5.39 Å². The van der Waals surface area contributed by atoms with E-state index in [1.54, 1.807) is 25.4 Å². The van der Waals surface area contributed by atoms with Crippen LogP contribution in [-0.4, -0.2) is 28.5 Å². The first-order valence-corrected chi connectivity index (χ1v) is 5.70. The maximum absolute atomic E-state index is 9.82. The van der Waals surface area contributed by atoms with Crippen LogP contribution < -0.4 is 10.7 Å². The molecular formula is C12H12N4OS. The Hall–Kier alpha value is -2.21. The van der Waals surface area contributed by atoms with Gasteiger partial charge in [0.1, 0.15) is 5.75 Å². The molecule has 5 nitrogen and oxygen atoms in total. The third kappa shape index (κ3) is 2.54. The van der Waals surface area contributed by atoms with E-state index in [2.05, 4.69) is 20.8 Å². The highest BCUT2D eigenvalue weighted by atomic mass is 32.1. The standard InChI is InChI=1S/C12H12N4OS/c1-13-12(18)16-15-7-9-10(17)5-4-8-3-2-6-14-11(8)9/h2-7,17H,1H3,(H2,13,16,18)/b15-7+. The highest BCUT2D eigenvalue weighted by molar-refractivity contribution is 7.80. The molecule has 6 heteroatoms. The van der Waals surface area contributed by atoms with Crippen molar-refractivity contribution in [2.45, 2.75) is 0 Å². The number of thiocarbonyl (C=S) groups is 1. The van der Waals surface area contributed by atoms with Gasteiger partial charge >= 0.3 is 0 Å². The van der Waals surface area contributed by atoms with Crippen LogP contribution in [0.2, 0.25) is 0 Å². The Morgan fingerprint density at radius 2 is 2.28 bits per heavy atom. The van der Waals surface area contributed by atoms with Gasteiger partial charge in [-0.2, -0.15) is 5.10 Å². The van der Waals surface area contributed by atoms with Crippen LogP contribution in [0.3, 0.4) is 0 Å². The molecule has 0 radical (unpaired) electrons. The van der Waals surface area contributed by atoms with Crippen molar-refractivity contribution in [3.05, 3.63) is 36.0 Å². The van der Waals surface area contributed by atoms with E-state index in [4.69, 9.17) is 12.2 Å². The average molecular weight is 260 g/mol. The van der Waals surface area contributed by atoms with E-state index in [1.165, 1.54) is 6.21 Å². The van der Waals surface area contributed by atoms with Gasteiger partial charge in [-0.1, -0.05) is 6.07 Å². The van der Waals surface area contributed by atoms with Crippen molar-refractivity contribution in [3.63, 3.8) is 0 Å². The zero-order valence-electron chi connectivity index (χ0n) is 9.71. The molecule has 2 aromatic rings. The van der Waals surface area contributed by atoms with Gasteiger partial charge in [0.05, 0.1) is 17.3 Å². The summed E-state index contributed by atoms with van der Waals surface area (Å²) >= 11 is 4.89. The number of rotatable bonds is 2. The lowest BCUT2D eigenvalue weighted by Crippen LogP contribution is -2.28. The third-order valence-electron chi connectivity index (χ3n) is 2.38. The number of phenolic OH excluding ortho intramolecular Hbond substituents is 1. The van der Waals surface area contributed by atoms with Gasteiger partial charge in [-0.15, -0.1) is 0 Å². The summed E-state index contributed by atoms with van der Waals surface area (Å²) in [5.41, 5.74) is 3.87. The van der Waals surface area contributed by atoms with Crippen LogP contribution in [0.5, 0.6) is 5.75 Å². The number of nitrogens with zero attached hydrogens (tertiary/aromatic N) is 2. The molecule has 18 heavy (non-hydrogen) atoms. The molecule has 2 rings (SSSR count). The Balaban J connectivity index is 2.37. The number of pyridine rings is 1. The van der Waals surface area contributed by atoms with Crippen LogP contribution in [0.15, 0.2) is 35.6 Å². The number of phenols is 1. The molecule has 0 aliphatic rings. The van der Waals surface area contributed by atoms with Gasteiger partial charge in [-0.25, -0.2) is 0 Å². The number of hydrogen-bond acceptors (Lipinski definition) is 4. The first-order valence-electron chi connectivity index (χ1n) is 5.30. The molecule has 1 aromatic carbocycles. The topological polar surface area (TPSA) is 69.5 Å². The molecule has 92 valence electrons. The molecule has 0 spiro atoms. The van der Waals surface area contributed by atoms with Crippen molar-refractivity contribution in [1.82, 2.24) is 15.7 Å². The lowest BCUT2D eigenvalue weighted by Gasteiger charge is -2.04. The summed E-state index contributed by atoms with van der Waals surface area (Å²) in [7, 11) is 1.70. The number of hydrazone groups is 1. The van der Waals surface area contributed by atoms with Crippen molar-refractivity contribution in [1.29, 1.82) is 0 Å². The van der Waals surface area contributed by atoms with Crippen LogP contribution in [-0.2, 0) is 0 Å². The highest BCUT2D eigenvalue weighted by Gasteiger charge is 2.05. The van der Waals surface area contributed by atoms with Gasteiger partial charge in [0.2, 0.25) is 0 Å². The summed E-state index contributed by atoms with van der Waals surface area (Å²) in [5.74, 6) is 0.127. The fourth-order valence-corrected chi connectivity index (χ4v) is 1.55. The number of fused-ring (bicyclic) bond motifs is 1. The Labute approximate surface area is 110 Å². The summed E-state index contributed by atoms with van der Waals surface area (Å²) in [6.45, 7) is 0. The van der Waals surface area contributed by atoms with Crippen molar-refractivity contribution in [3.8, 4) is 5.75 Å². The molecule has 0 atom stereocenters. The van der Waals surface area contributed by atoms with E-state index in [-0.39, 0.29) is 5.75 Å². The Morgan fingerprint density at radius 3 is 3.06 bits per heavy atom. The van der Waals surface area contributed by atoms with Crippen LogP contribution in [0.4, 0.5) is 0 Å². The second kappa shape index (κ2) is 5.42.